The summed E-state index contributed by atoms with van der Waals surface area (Å²) in [7, 11) is 5.85. The highest BCUT2D eigenvalue weighted by molar-refractivity contribution is 5.71. The molecule has 0 saturated carbocycles. The molecule has 0 bridgehead atoms. The van der Waals surface area contributed by atoms with Crippen molar-refractivity contribution in [1.29, 1.82) is 0 Å². The van der Waals surface area contributed by atoms with E-state index < -0.39 is 11.6 Å². The van der Waals surface area contributed by atoms with E-state index in [9.17, 15) is 4.39 Å². The van der Waals surface area contributed by atoms with Gasteiger partial charge in [0.2, 0.25) is 5.82 Å². The molecule has 216 valence electrons. The Morgan fingerprint density at radius 1 is 1.18 bits per heavy atom. The van der Waals surface area contributed by atoms with E-state index >= 15 is 4.39 Å². The summed E-state index contributed by atoms with van der Waals surface area (Å²) in [5.41, 5.74) is 12.0. The molecular weight excluding hydrogens is 512 g/mol. The van der Waals surface area contributed by atoms with Gasteiger partial charge in [0.25, 0.3) is 0 Å². The van der Waals surface area contributed by atoms with Crippen molar-refractivity contribution in [3.63, 3.8) is 0 Å². The van der Waals surface area contributed by atoms with Crippen LogP contribution in [0.2, 0.25) is 0 Å². The van der Waals surface area contributed by atoms with E-state index in [0.717, 1.165) is 47.4 Å². The number of nitrogens with one attached hydrogen (secondary N) is 1. The molecule has 4 rings (SSSR count). The first-order valence-corrected chi connectivity index (χ1v) is 13.6. The Labute approximate surface area is 235 Å². The molecule has 0 saturated heterocycles. The van der Waals surface area contributed by atoms with E-state index in [-0.39, 0.29) is 23.8 Å². The van der Waals surface area contributed by atoms with Crippen LogP contribution in [0.25, 0.3) is 16.8 Å². The smallest absolute Gasteiger partial charge is 0.201 e. The number of nitrogens with two attached hydrogens (primary N) is 1. The fraction of sp³-hybridized carbons (Fsp3) is 0.467. The molecule has 4 aromatic rings. The average Bonchev–Trinajstić information content (AvgIpc) is 3.43. The summed E-state index contributed by atoms with van der Waals surface area (Å²) in [4.78, 5) is 6.70. The molecular formula is C30H41F2N7O. The van der Waals surface area contributed by atoms with Crippen LogP contribution in [0.3, 0.4) is 0 Å². The maximum Gasteiger partial charge on any atom is 0.201 e. The summed E-state index contributed by atoms with van der Waals surface area (Å²) in [6.45, 7) is 10.8. The molecule has 0 fully saturated rings. The third-order valence-corrected chi connectivity index (χ3v) is 7.43. The molecule has 0 radical (unpaired) electrons. The van der Waals surface area contributed by atoms with Crippen molar-refractivity contribution in [2.24, 2.45) is 18.2 Å². The van der Waals surface area contributed by atoms with E-state index in [4.69, 9.17) is 10.5 Å². The summed E-state index contributed by atoms with van der Waals surface area (Å²) >= 11 is 0. The molecule has 0 aliphatic heterocycles. The standard InChI is InChI=1S/C30H41F2N7O/c1-19-22(27(36-38(19)7)29(33)30(2,3)4)12-15-40-28-23(9-10-24(31)26(28)32)20-8-11-25-35-16-21(39(25)17-20)18-37(6)14-13-34-5/h8-11,16-17,29,34H,12-15,18,33H2,1-7H3. The number of imidazole rings is 1. The molecule has 0 aliphatic rings. The number of pyridine rings is 1. The number of rotatable bonds is 11. The summed E-state index contributed by atoms with van der Waals surface area (Å²) in [6.07, 6.45) is 4.19. The molecule has 3 N–H and O–H groups in total. The van der Waals surface area contributed by atoms with Crippen molar-refractivity contribution in [2.45, 2.75) is 46.7 Å². The van der Waals surface area contributed by atoms with Crippen molar-refractivity contribution >= 4 is 5.65 Å². The molecule has 3 aromatic heterocycles. The summed E-state index contributed by atoms with van der Waals surface area (Å²) in [6, 6.07) is 6.13. The number of fused-ring (bicyclic) bond motifs is 1. The normalized spacial score (nSPS) is 13.0. The molecule has 3 heterocycles. The lowest BCUT2D eigenvalue weighted by molar-refractivity contribution is 0.295. The largest absolute Gasteiger partial charge is 0.489 e. The minimum absolute atomic E-state index is 0.115. The summed E-state index contributed by atoms with van der Waals surface area (Å²) < 4.78 is 39.3. The first-order valence-electron chi connectivity index (χ1n) is 13.6. The first kappa shape index (κ1) is 29.6. The second-order valence-electron chi connectivity index (χ2n) is 11.5. The fourth-order valence-electron chi connectivity index (χ4n) is 4.77. The molecule has 0 aliphatic carbocycles. The lowest BCUT2D eigenvalue weighted by Gasteiger charge is -2.26. The van der Waals surface area contributed by atoms with Gasteiger partial charge >= 0.3 is 0 Å². The van der Waals surface area contributed by atoms with Crippen molar-refractivity contribution in [3.8, 4) is 16.9 Å². The van der Waals surface area contributed by atoms with Crippen LogP contribution >= 0.6 is 0 Å². The minimum atomic E-state index is -1.01. The van der Waals surface area contributed by atoms with Crippen LogP contribution in [-0.4, -0.2) is 57.9 Å². The number of halogens is 2. The van der Waals surface area contributed by atoms with E-state index in [1.54, 1.807) is 10.7 Å². The van der Waals surface area contributed by atoms with Crippen molar-refractivity contribution in [2.75, 3.05) is 33.8 Å². The number of aromatic nitrogens is 4. The zero-order chi connectivity index (χ0) is 29.2. The van der Waals surface area contributed by atoms with Gasteiger partial charge in [0.05, 0.1) is 30.2 Å². The lowest BCUT2D eigenvalue weighted by Crippen LogP contribution is -2.28. The first-order chi connectivity index (χ1) is 18.9. The third kappa shape index (κ3) is 6.19. The fourth-order valence-corrected chi connectivity index (χ4v) is 4.77. The molecule has 1 atom stereocenters. The predicted octanol–water partition coefficient (Wildman–Crippen LogP) is 4.64. The number of nitrogens with zero attached hydrogens (tertiary/aromatic N) is 5. The Hall–Kier alpha value is -3.34. The molecule has 1 unspecified atom stereocenters. The Morgan fingerprint density at radius 2 is 1.93 bits per heavy atom. The number of hydrogen-bond acceptors (Lipinski definition) is 6. The number of benzene rings is 1. The van der Waals surface area contributed by atoms with Gasteiger partial charge in [-0.05, 0) is 50.7 Å². The highest BCUT2D eigenvalue weighted by Crippen LogP contribution is 2.36. The van der Waals surface area contributed by atoms with Gasteiger partial charge in [-0.2, -0.15) is 9.49 Å². The van der Waals surface area contributed by atoms with Crippen molar-refractivity contribution in [3.05, 3.63) is 70.9 Å². The monoisotopic (exact) mass is 553 g/mol. The second-order valence-corrected chi connectivity index (χ2v) is 11.5. The van der Waals surface area contributed by atoms with Crippen LogP contribution in [0.4, 0.5) is 8.78 Å². The zero-order valence-electron chi connectivity index (χ0n) is 24.6. The predicted molar refractivity (Wildman–Crippen MR) is 154 cm³/mol. The van der Waals surface area contributed by atoms with Gasteiger partial charge in [-0.25, -0.2) is 9.37 Å². The summed E-state index contributed by atoms with van der Waals surface area (Å²) in [5.74, 6) is -2.08. The quantitative estimate of drug-likeness (QED) is 0.282. The number of likely N-dealkylation sites (N-methyl/N-ethyl adjacent to an activating group) is 2. The van der Waals surface area contributed by atoms with Gasteiger partial charge in [0.1, 0.15) is 5.65 Å². The van der Waals surface area contributed by atoms with E-state index in [2.05, 4.69) is 41.1 Å². The highest BCUT2D eigenvalue weighted by atomic mass is 19.2. The molecule has 8 nitrogen and oxygen atoms in total. The third-order valence-electron chi connectivity index (χ3n) is 7.43. The molecule has 0 spiro atoms. The Bertz CT molecular complexity index is 1470. The van der Waals surface area contributed by atoms with Crippen LogP contribution < -0.4 is 15.8 Å². The summed E-state index contributed by atoms with van der Waals surface area (Å²) in [5, 5.41) is 7.81. The molecule has 40 heavy (non-hydrogen) atoms. The van der Waals surface area contributed by atoms with Gasteiger partial charge in [-0.3, -0.25) is 9.58 Å². The Balaban J connectivity index is 1.62. The van der Waals surface area contributed by atoms with E-state index in [0.29, 0.717) is 24.1 Å². The van der Waals surface area contributed by atoms with Gasteiger partial charge in [0, 0.05) is 61.7 Å². The van der Waals surface area contributed by atoms with Crippen LogP contribution in [0.15, 0.2) is 36.7 Å². The SMILES string of the molecule is CNCCN(C)Cc1cnc2ccc(-c3ccc(F)c(F)c3OCCc3c(C(N)C(C)(C)C)nn(C)c3C)cn12. The number of ether oxygens (including phenoxy) is 1. The van der Waals surface area contributed by atoms with Crippen LogP contribution in [0, 0.1) is 24.0 Å². The lowest BCUT2D eigenvalue weighted by atomic mass is 9.83. The topological polar surface area (TPSA) is 85.6 Å². The van der Waals surface area contributed by atoms with Gasteiger partial charge in [0.15, 0.2) is 11.6 Å². The van der Waals surface area contributed by atoms with Crippen molar-refractivity contribution in [1.82, 2.24) is 29.4 Å². The molecule has 1 aromatic carbocycles. The van der Waals surface area contributed by atoms with Gasteiger partial charge < -0.3 is 20.2 Å². The second kappa shape index (κ2) is 12.0. The van der Waals surface area contributed by atoms with Crippen LogP contribution in [0.5, 0.6) is 5.75 Å². The van der Waals surface area contributed by atoms with Crippen LogP contribution in [0.1, 0.15) is 49.5 Å². The Morgan fingerprint density at radius 3 is 2.62 bits per heavy atom. The Kier molecular flexibility index (Phi) is 8.92. The zero-order valence-corrected chi connectivity index (χ0v) is 24.6. The maximum atomic E-state index is 15.2. The highest BCUT2D eigenvalue weighted by Gasteiger charge is 2.28. The van der Waals surface area contributed by atoms with Crippen molar-refractivity contribution < 1.29 is 13.5 Å². The number of hydrogen-bond donors (Lipinski definition) is 2. The maximum absolute atomic E-state index is 15.2. The van der Waals surface area contributed by atoms with E-state index in [1.165, 1.54) is 0 Å². The van der Waals surface area contributed by atoms with Crippen LogP contribution in [-0.2, 0) is 20.0 Å². The average molecular weight is 554 g/mol. The molecule has 10 heteroatoms. The number of aryl methyl sites for hydroxylation is 1. The van der Waals surface area contributed by atoms with Gasteiger partial charge in [-0.15, -0.1) is 0 Å². The minimum Gasteiger partial charge on any atom is -0.489 e. The van der Waals surface area contributed by atoms with E-state index in [1.807, 2.05) is 57.0 Å². The molecule has 0 amide bonds. The van der Waals surface area contributed by atoms with Gasteiger partial charge in [-0.1, -0.05) is 20.8 Å².